The van der Waals surface area contributed by atoms with Crippen LogP contribution in [0.2, 0.25) is 0 Å². The molecule has 0 N–H and O–H groups in total. The number of furan rings is 1. The molecule has 0 radical (unpaired) electrons. The highest BCUT2D eigenvalue weighted by molar-refractivity contribution is 7.80. The van der Waals surface area contributed by atoms with Crippen molar-refractivity contribution in [1.82, 2.24) is 4.98 Å². The lowest BCUT2D eigenvalue weighted by Gasteiger charge is -2.09. The lowest BCUT2D eigenvalue weighted by molar-refractivity contribution is 0.497. The summed E-state index contributed by atoms with van der Waals surface area (Å²) in [6, 6.07) is 18.9. The van der Waals surface area contributed by atoms with E-state index in [0.717, 1.165) is 22.5 Å². The molecule has 2 aromatic heterocycles. The van der Waals surface area contributed by atoms with E-state index in [0.29, 0.717) is 11.6 Å². The van der Waals surface area contributed by atoms with E-state index in [2.05, 4.69) is 60.9 Å². The third kappa shape index (κ3) is 2.84. The van der Waals surface area contributed by atoms with Gasteiger partial charge in [-0.25, -0.2) is 4.98 Å². The van der Waals surface area contributed by atoms with Crippen LogP contribution in [0.5, 0.6) is 0 Å². The highest BCUT2D eigenvalue weighted by atomic mass is 32.1. The maximum atomic E-state index is 5.88. The molecule has 0 amide bonds. The molecule has 0 bridgehead atoms. The second-order valence-electron chi connectivity index (χ2n) is 6.02. The van der Waals surface area contributed by atoms with Gasteiger partial charge in [0.05, 0.1) is 0 Å². The molecule has 0 saturated carbocycles. The maximum absolute atomic E-state index is 5.88. The van der Waals surface area contributed by atoms with Gasteiger partial charge in [0.2, 0.25) is 5.71 Å². The molecule has 0 saturated heterocycles. The third-order valence-electron chi connectivity index (χ3n) is 4.23. The van der Waals surface area contributed by atoms with E-state index in [1.165, 1.54) is 16.3 Å². The first-order valence-corrected chi connectivity index (χ1v) is 8.20. The van der Waals surface area contributed by atoms with Crippen LogP contribution in [0.1, 0.15) is 24.2 Å². The average molecular weight is 319 g/mol. The van der Waals surface area contributed by atoms with Crippen LogP contribution < -0.4 is 0 Å². The van der Waals surface area contributed by atoms with Gasteiger partial charge in [0.25, 0.3) is 0 Å². The van der Waals surface area contributed by atoms with Crippen molar-refractivity contribution < 1.29 is 4.42 Å². The Morgan fingerprint density at radius 2 is 1.83 bits per heavy atom. The van der Waals surface area contributed by atoms with Crippen molar-refractivity contribution in [2.45, 2.75) is 24.2 Å². The molecular formula is C20H17NOS. The molecule has 1 unspecified atom stereocenters. The predicted octanol–water partition coefficient (Wildman–Crippen LogP) is 5.62. The Hall–Kier alpha value is -2.26. The molecular weight excluding hydrogens is 302 g/mol. The number of benzene rings is 2. The Bertz CT molecular complexity index is 956. The summed E-state index contributed by atoms with van der Waals surface area (Å²) >= 11 is 4.40. The van der Waals surface area contributed by atoms with Crippen molar-refractivity contribution in [2.24, 2.45) is 0 Å². The summed E-state index contributed by atoms with van der Waals surface area (Å²) in [6.07, 6.45) is 2.71. The average Bonchev–Trinajstić information content (AvgIpc) is 2.99. The fraction of sp³-hybridized carbons (Fsp3) is 0.150. The highest BCUT2D eigenvalue weighted by Crippen LogP contribution is 2.28. The van der Waals surface area contributed by atoms with E-state index in [1.807, 2.05) is 18.2 Å². The largest absolute Gasteiger partial charge is 0.442 e. The first-order valence-electron chi connectivity index (χ1n) is 7.75. The Morgan fingerprint density at radius 1 is 1.00 bits per heavy atom. The van der Waals surface area contributed by atoms with Gasteiger partial charge >= 0.3 is 0 Å². The van der Waals surface area contributed by atoms with Gasteiger partial charge < -0.3 is 4.42 Å². The van der Waals surface area contributed by atoms with E-state index in [9.17, 15) is 0 Å². The fourth-order valence-corrected chi connectivity index (χ4v) is 3.21. The van der Waals surface area contributed by atoms with Crippen molar-refractivity contribution in [3.05, 3.63) is 72.1 Å². The smallest absolute Gasteiger partial charge is 0.226 e. The summed E-state index contributed by atoms with van der Waals surface area (Å²) in [5, 5.41) is 3.54. The van der Waals surface area contributed by atoms with Gasteiger partial charge in [-0.15, -0.1) is 12.6 Å². The van der Waals surface area contributed by atoms with Gasteiger partial charge in [-0.1, -0.05) is 31.2 Å². The minimum atomic E-state index is 0.311. The molecule has 2 nitrogen and oxygen atoms in total. The number of hydrogen-bond acceptors (Lipinski definition) is 3. The second-order valence-corrected chi connectivity index (χ2v) is 6.53. The van der Waals surface area contributed by atoms with Crippen LogP contribution in [0, 0.1) is 0 Å². The first kappa shape index (κ1) is 14.3. The standard InChI is InChI=1S/C20H17NOS/c1-13(19-12-17-3-2-8-21-20(17)22-19)9-14-4-5-16-11-18(23)7-6-15(16)10-14/h2-8,10-13,23H,9H2,1H3. The van der Waals surface area contributed by atoms with Gasteiger partial charge in [0.15, 0.2) is 0 Å². The zero-order valence-electron chi connectivity index (χ0n) is 12.9. The lowest BCUT2D eigenvalue weighted by atomic mass is 9.96. The normalized spacial score (nSPS) is 12.8. The summed E-state index contributed by atoms with van der Waals surface area (Å²) in [5.74, 6) is 1.30. The summed E-state index contributed by atoms with van der Waals surface area (Å²) in [6.45, 7) is 2.19. The molecule has 4 rings (SSSR count). The molecule has 0 aliphatic heterocycles. The summed E-state index contributed by atoms with van der Waals surface area (Å²) in [4.78, 5) is 5.26. The van der Waals surface area contributed by atoms with Crippen molar-refractivity contribution in [3.8, 4) is 0 Å². The van der Waals surface area contributed by atoms with E-state index in [1.54, 1.807) is 6.20 Å². The van der Waals surface area contributed by atoms with Crippen LogP contribution in [-0.2, 0) is 6.42 Å². The molecule has 4 aromatic rings. The van der Waals surface area contributed by atoms with Crippen molar-refractivity contribution in [2.75, 3.05) is 0 Å². The fourth-order valence-electron chi connectivity index (χ4n) is 3.00. The number of fused-ring (bicyclic) bond motifs is 2. The van der Waals surface area contributed by atoms with Gasteiger partial charge in [-0.2, -0.15) is 0 Å². The molecule has 0 aliphatic carbocycles. The number of nitrogens with zero attached hydrogens (tertiary/aromatic N) is 1. The quantitative estimate of drug-likeness (QED) is 0.496. The molecule has 0 aliphatic rings. The zero-order valence-corrected chi connectivity index (χ0v) is 13.8. The molecule has 114 valence electrons. The molecule has 23 heavy (non-hydrogen) atoms. The van der Waals surface area contributed by atoms with E-state index in [4.69, 9.17) is 4.42 Å². The molecule has 0 spiro atoms. The molecule has 0 fully saturated rings. The van der Waals surface area contributed by atoms with Crippen molar-refractivity contribution in [1.29, 1.82) is 0 Å². The van der Waals surface area contributed by atoms with Crippen LogP contribution in [0.3, 0.4) is 0 Å². The summed E-state index contributed by atoms with van der Waals surface area (Å²) < 4.78 is 5.88. The Balaban J connectivity index is 1.62. The Kier molecular flexibility index (Phi) is 3.58. The SMILES string of the molecule is CC(Cc1ccc2cc(S)ccc2c1)c1cc2cccnc2o1. The predicted molar refractivity (Wildman–Crippen MR) is 97.3 cm³/mol. The van der Waals surface area contributed by atoms with E-state index < -0.39 is 0 Å². The molecule has 1 atom stereocenters. The van der Waals surface area contributed by atoms with E-state index >= 15 is 0 Å². The van der Waals surface area contributed by atoms with Gasteiger partial charge in [-0.3, -0.25) is 0 Å². The second kappa shape index (κ2) is 5.74. The molecule has 2 aromatic carbocycles. The first-order chi connectivity index (χ1) is 11.2. The lowest BCUT2D eigenvalue weighted by Crippen LogP contribution is -1.96. The molecule has 3 heteroatoms. The third-order valence-corrected chi connectivity index (χ3v) is 4.51. The minimum Gasteiger partial charge on any atom is -0.442 e. The minimum absolute atomic E-state index is 0.311. The van der Waals surface area contributed by atoms with Crippen molar-refractivity contribution in [3.63, 3.8) is 0 Å². The number of hydrogen-bond donors (Lipinski definition) is 1. The zero-order chi connectivity index (χ0) is 15.8. The van der Waals surface area contributed by atoms with Crippen LogP contribution in [-0.4, -0.2) is 4.98 Å². The highest BCUT2D eigenvalue weighted by Gasteiger charge is 2.13. The Labute approximate surface area is 140 Å². The molecule has 2 heterocycles. The number of pyridine rings is 1. The number of thiol groups is 1. The number of rotatable bonds is 3. The van der Waals surface area contributed by atoms with Crippen LogP contribution in [0.15, 0.2) is 70.1 Å². The topological polar surface area (TPSA) is 26.0 Å². The van der Waals surface area contributed by atoms with Crippen LogP contribution >= 0.6 is 12.6 Å². The van der Waals surface area contributed by atoms with Gasteiger partial charge in [0.1, 0.15) is 5.76 Å². The van der Waals surface area contributed by atoms with Gasteiger partial charge in [-0.05, 0) is 53.1 Å². The van der Waals surface area contributed by atoms with Crippen molar-refractivity contribution >= 4 is 34.5 Å². The van der Waals surface area contributed by atoms with Crippen LogP contribution in [0.25, 0.3) is 21.9 Å². The monoisotopic (exact) mass is 319 g/mol. The summed E-state index contributed by atoms with van der Waals surface area (Å²) in [7, 11) is 0. The van der Waals surface area contributed by atoms with Gasteiger partial charge in [0, 0.05) is 22.4 Å². The maximum Gasteiger partial charge on any atom is 0.226 e. The van der Waals surface area contributed by atoms with E-state index in [-0.39, 0.29) is 0 Å². The Morgan fingerprint density at radius 3 is 2.70 bits per heavy atom. The number of aromatic nitrogens is 1. The van der Waals surface area contributed by atoms with Crippen LogP contribution in [0.4, 0.5) is 0 Å². The summed E-state index contributed by atoms with van der Waals surface area (Å²) in [5.41, 5.74) is 2.03.